The summed E-state index contributed by atoms with van der Waals surface area (Å²) < 4.78 is 0. The van der Waals surface area contributed by atoms with Crippen molar-refractivity contribution in [2.45, 2.75) is 164 Å². The molecule has 0 N–H and O–H groups in total. The summed E-state index contributed by atoms with van der Waals surface area (Å²) in [4.78, 5) is 5.43. The fraction of sp³-hybridized carbons (Fsp3) is 0.690. The van der Waals surface area contributed by atoms with E-state index in [4.69, 9.17) is 15.6 Å². The number of rotatable bonds is 9. The van der Waals surface area contributed by atoms with Crippen molar-refractivity contribution in [3.8, 4) is 0 Å². The van der Waals surface area contributed by atoms with E-state index >= 15 is 0 Å². The maximum Gasteiger partial charge on any atom is 0.0563 e. The fourth-order valence-electron chi connectivity index (χ4n) is 6.28. The largest absolute Gasteiger partial charge is 0.680 e. The van der Waals surface area contributed by atoms with E-state index in [1.54, 1.807) is 0 Å². The summed E-state index contributed by atoms with van der Waals surface area (Å²) in [6.45, 7) is 46.3. The summed E-state index contributed by atoms with van der Waals surface area (Å²) in [7, 11) is -1.72. The van der Waals surface area contributed by atoms with Crippen LogP contribution < -0.4 is 0 Å². The van der Waals surface area contributed by atoms with E-state index in [0.717, 1.165) is 17.1 Å². The molecule has 3 unspecified atom stereocenters. The molecule has 1 radical (unpaired) electrons. The van der Waals surface area contributed by atoms with Crippen LogP contribution in [0.15, 0.2) is 47.1 Å². The molecule has 48 heavy (non-hydrogen) atoms. The zero-order valence-electron chi connectivity index (χ0n) is 34.2. The van der Waals surface area contributed by atoms with Crippen molar-refractivity contribution >= 4 is 27.5 Å². The zero-order chi connectivity index (χ0) is 36.5. The van der Waals surface area contributed by atoms with Gasteiger partial charge in [-0.05, 0) is 55.3 Å². The van der Waals surface area contributed by atoms with Crippen molar-refractivity contribution in [1.82, 2.24) is 0 Å². The number of hydrogen-bond donors (Lipinski definition) is 0. The molecule has 0 saturated heterocycles. The molecule has 0 spiro atoms. The van der Waals surface area contributed by atoms with Gasteiger partial charge in [0.2, 0.25) is 0 Å². The van der Waals surface area contributed by atoms with Crippen LogP contribution in [0.3, 0.4) is 0 Å². The van der Waals surface area contributed by atoms with Gasteiger partial charge in [-0.3, -0.25) is 4.99 Å². The molecule has 3 rings (SSSR count). The van der Waals surface area contributed by atoms with Gasteiger partial charge in [-0.15, -0.1) is 45.2 Å². The molecule has 0 bridgehead atoms. The second kappa shape index (κ2) is 20.6. The van der Waals surface area contributed by atoms with Gasteiger partial charge in [0.1, 0.15) is 0 Å². The van der Waals surface area contributed by atoms with Gasteiger partial charge in [-0.1, -0.05) is 156 Å². The van der Waals surface area contributed by atoms with E-state index in [9.17, 15) is 0 Å². The normalized spacial score (nSPS) is 21.9. The Morgan fingerprint density at radius 2 is 1.25 bits per heavy atom. The SMILES string of the molecule is CC(=NC1C(C(C)C)CCCC1C(C)C)C1=CC=CC(C(C)(C)[N-]c2c(C(C)C)cccc2C(C)C)[N-]1.[CH2-][Si](C)(C)C.[CH2-][Si](C)(C)C.[Lu]. The molecule has 3 nitrogen and oxygen atoms in total. The van der Waals surface area contributed by atoms with E-state index in [-0.39, 0.29) is 48.5 Å². The van der Waals surface area contributed by atoms with Crippen molar-refractivity contribution in [3.63, 3.8) is 0 Å². The first-order valence-electron chi connectivity index (χ1n) is 18.5. The first kappa shape index (κ1) is 47.6. The van der Waals surface area contributed by atoms with Crippen molar-refractivity contribution in [2.75, 3.05) is 0 Å². The molecule has 1 fully saturated rings. The summed E-state index contributed by atoms with van der Waals surface area (Å²) in [5.41, 5.74) is 5.54. The Balaban J connectivity index is 0.00000175. The van der Waals surface area contributed by atoms with Crippen molar-refractivity contribution in [3.05, 3.63) is 77.0 Å². The Morgan fingerprint density at radius 3 is 1.62 bits per heavy atom. The quantitative estimate of drug-likeness (QED) is 0.135. The van der Waals surface area contributed by atoms with Gasteiger partial charge in [-0.2, -0.15) is 0 Å². The van der Waals surface area contributed by atoms with Gasteiger partial charge in [0, 0.05) is 42.6 Å². The van der Waals surface area contributed by atoms with Crippen molar-refractivity contribution < 1.29 is 36.9 Å². The molecule has 1 heterocycles. The molecule has 1 aromatic rings. The minimum absolute atomic E-state index is 0. The topological polar surface area (TPSA) is 40.6 Å². The average molecular weight is 853 g/mol. The molecule has 1 saturated carbocycles. The van der Waals surface area contributed by atoms with E-state index in [0.29, 0.717) is 41.5 Å². The van der Waals surface area contributed by atoms with E-state index in [2.05, 4.69) is 165 Å². The molecule has 0 aromatic heterocycles. The zero-order valence-corrected chi connectivity index (χ0v) is 37.9. The standard InChI is InChI=1S/C34H53N3.2C4H11Si.Lu/c1-21(2)26-15-12-16-27(22(3)4)32(26)35-25(9)30-19-14-20-31(36-30)34(10,11)37-33-28(23(5)6)17-13-18-29(33)24(7)8;2*1-5(2,3)4;/h13-14,17-24,26-27,31-32H,12,15-16H2,1-11H3;2*1H2,2-4H3;/q-2;2*-1;. The summed E-state index contributed by atoms with van der Waals surface area (Å²) in [6, 6.07) is 7.02. The third kappa shape index (κ3) is 17.2. The van der Waals surface area contributed by atoms with Crippen LogP contribution in [0.2, 0.25) is 39.3 Å². The smallest absolute Gasteiger partial charge is 0.0563 e. The molecule has 1 aliphatic carbocycles. The maximum atomic E-state index is 5.43. The molecule has 285 valence electrons. The number of hydrogen-bond acceptors (Lipinski definition) is 1. The third-order valence-corrected chi connectivity index (χ3v) is 8.67. The summed E-state index contributed by atoms with van der Waals surface area (Å²) in [6.07, 6.45) is 10.4. The molecule has 2 aliphatic rings. The van der Waals surface area contributed by atoms with Gasteiger partial charge >= 0.3 is 0 Å². The Morgan fingerprint density at radius 1 is 0.833 bits per heavy atom. The van der Waals surface area contributed by atoms with Crippen LogP contribution in [-0.2, 0) is 0 Å². The number of para-hydroxylation sites is 1. The molecule has 0 amide bonds. The Kier molecular flexibility index (Phi) is 20.5. The molecule has 6 heteroatoms. The van der Waals surface area contributed by atoms with Gasteiger partial charge in [0.05, 0.1) is 6.04 Å². The van der Waals surface area contributed by atoms with Gasteiger partial charge in [-0.25, -0.2) is 0 Å². The second-order valence-corrected chi connectivity index (χ2v) is 28.7. The van der Waals surface area contributed by atoms with Crippen LogP contribution in [0, 0.1) is 73.6 Å². The van der Waals surface area contributed by atoms with E-state index in [1.165, 1.54) is 30.4 Å². The summed E-state index contributed by atoms with van der Waals surface area (Å²) in [5, 5.41) is 10.7. The summed E-state index contributed by atoms with van der Waals surface area (Å²) >= 11 is 0. The Bertz CT molecular complexity index is 1120. The van der Waals surface area contributed by atoms with Gasteiger partial charge < -0.3 is 23.7 Å². The minimum atomic E-state index is -0.861. The maximum absolute atomic E-state index is 5.43. The van der Waals surface area contributed by atoms with Crippen molar-refractivity contribution in [2.24, 2.45) is 28.7 Å². The van der Waals surface area contributed by atoms with Crippen LogP contribution in [0.5, 0.6) is 0 Å². The Labute approximate surface area is 331 Å². The van der Waals surface area contributed by atoms with Crippen LogP contribution in [-0.4, -0.2) is 39.5 Å². The average Bonchev–Trinajstić information content (AvgIpc) is 2.90. The number of benzene rings is 1. The van der Waals surface area contributed by atoms with Gasteiger partial charge in [0.25, 0.3) is 0 Å². The monoisotopic (exact) mass is 852 g/mol. The predicted molar refractivity (Wildman–Crippen MR) is 221 cm³/mol. The van der Waals surface area contributed by atoms with E-state index < -0.39 is 16.1 Å². The van der Waals surface area contributed by atoms with Crippen LogP contribution in [0.1, 0.15) is 118 Å². The molecular weight excluding hydrogens is 778 g/mol. The van der Waals surface area contributed by atoms with Crippen LogP contribution >= 0.6 is 0 Å². The molecule has 1 aromatic carbocycles. The minimum Gasteiger partial charge on any atom is -0.680 e. The predicted octanol–water partition coefficient (Wildman–Crippen LogP) is 13.9. The van der Waals surface area contributed by atoms with Crippen LogP contribution in [0.4, 0.5) is 5.69 Å². The second-order valence-electron chi connectivity index (χ2n) is 18.4. The number of allylic oxidation sites excluding steroid dienone is 3. The molecule has 3 atom stereocenters. The summed E-state index contributed by atoms with van der Waals surface area (Å²) in [5.74, 6) is 3.47. The molecular formula is C42H75LuN3Si2-4. The number of aliphatic imine (C=N–C) groups is 1. The first-order valence-corrected chi connectivity index (χ1v) is 25.9. The van der Waals surface area contributed by atoms with E-state index in [1.807, 2.05) is 0 Å². The van der Waals surface area contributed by atoms with Gasteiger partial charge in [0.15, 0.2) is 0 Å². The molecule has 1 aliphatic heterocycles. The third-order valence-electron chi connectivity index (χ3n) is 8.67. The van der Waals surface area contributed by atoms with Crippen molar-refractivity contribution in [1.29, 1.82) is 0 Å². The van der Waals surface area contributed by atoms with Crippen LogP contribution in [0.25, 0.3) is 10.6 Å². The number of nitrogens with zero attached hydrogens (tertiary/aromatic N) is 3. The fourth-order valence-corrected chi connectivity index (χ4v) is 6.28. The Hall–Kier alpha value is -0.362. The first-order chi connectivity index (χ1) is 21.3.